The molecule has 106 valence electrons. The lowest BCUT2D eigenvalue weighted by molar-refractivity contribution is 0.0699. The Kier molecular flexibility index (Phi) is 2.78. The van der Waals surface area contributed by atoms with Crippen LogP contribution in [0.15, 0.2) is 18.3 Å². The molecule has 1 aliphatic rings. The molecule has 1 aliphatic carbocycles. The maximum Gasteiger partial charge on any atom is 0.338 e. The van der Waals surface area contributed by atoms with Gasteiger partial charge < -0.3 is 10.1 Å². The van der Waals surface area contributed by atoms with Crippen LogP contribution in [-0.4, -0.2) is 26.0 Å². The summed E-state index contributed by atoms with van der Waals surface area (Å²) < 4.78 is 0. The van der Waals surface area contributed by atoms with E-state index >= 15 is 0 Å². The molecule has 0 saturated carbocycles. The van der Waals surface area contributed by atoms with E-state index in [4.69, 9.17) is 0 Å². The molecule has 6 heteroatoms. The molecule has 3 heterocycles. The van der Waals surface area contributed by atoms with Gasteiger partial charge in [-0.1, -0.05) is 0 Å². The molecule has 0 bridgehead atoms. The molecule has 0 aliphatic heterocycles. The van der Waals surface area contributed by atoms with Gasteiger partial charge in [0.2, 0.25) is 0 Å². The SMILES string of the molecule is O=C(O)c1ccnc2nc(-c3cc4c(s3)CCCC4)[nH]c12. The third-order valence-corrected chi connectivity index (χ3v) is 5.10. The molecule has 0 fully saturated rings. The molecule has 3 aromatic rings. The predicted octanol–water partition coefficient (Wildman–Crippen LogP) is 3.26. The van der Waals surface area contributed by atoms with Crippen molar-refractivity contribution in [3.63, 3.8) is 0 Å². The summed E-state index contributed by atoms with van der Waals surface area (Å²) in [6.45, 7) is 0. The highest BCUT2D eigenvalue weighted by Gasteiger charge is 2.18. The van der Waals surface area contributed by atoms with Crippen LogP contribution in [0.2, 0.25) is 0 Å². The second kappa shape index (κ2) is 4.66. The van der Waals surface area contributed by atoms with Crippen molar-refractivity contribution < 1.29 is 9.90 Å². The number of hydrogen-bond acceptors (Lipinski definition) is 4. The van der Waals surface area contributed by atoms with Gasteiger partial charge >= 0.3 is 5.97 Å². The number of aromatic amines is 1. The average molecular weight is 299 g/mol. The van der Waals surface area contributed by atoms with E-state index in [9.17, 15) is 9.90 Å². The lowest BCUT2D eigenvalue weighted by Gasteiger charge is -2.08. The van der Waals surface area contributed by atoms with Crippen molar-refractivity contribution in [1.29, 1.82) is 0 Å². The van der Waals surface area contributed by atoms with Crippen LogP contribution >= 0.6 is 11.3 Å². The number of aromatic carboxylic acids is 1. The number of fused-ring (bicyclic) bond motifs is 2. The number of aryl methyl sites for hydroxylation is 2. The number of carbonyl (C=O) groups is 1. The fourth-order valence-electron chi connectivity index (χ4n) is 2.81. The minimum Gasteiger partial charge on any atom is -0.478 e. The highest BCUT2D eigenvalue weighted by molar-refractivity contribution is 7.15. The van der Waals surface area contributed by atoms with Crippen molar-refractivity contribution in [2.24, 2.45) is 0 Å². The molecule has 0 saturated heterocycles. The normalized spacial score (nSPS) is 14.3. The van der Waals surface area contributed by atoms with Crippen LogP contribution in [0.3, 0.4) is 0 Å². The maximum absolute atomic E-state index is 11.2. The summed E-state index contributed by atoms with van der Waals surface area (Å²) >= 11 is 1.75. The van der Waals surface area contributed by atoms with E-state index in [0.717, 1.165) is 17.7 Å². The van der Waals surface area contributed by atoms with Crippen LogP contribution < -0.4 is 0 Å². The number of aromatic nitrogens is 3. The topological polar surface area (TPSA) is 78.9 Å². The van der Waals surface area contributed by atoms with Gasteiger partial charge in [-0.2, -0.15) is 0 Å². The molecule has 3 aromatic heterocycles. The standard InChI is InChI=1S/C15H13N3O2S/c19-15(20)9-5-6-16-14-12(9)17-13(18-14)11-7-8-3-1-2-4-10(8)21-11/h5-7H,1-4H2,(H,19,20)(H,16,17,18). The van der Waals surface area contributed by atoms with Gasteiger partial charge in [0.15, 0.2) is 11.5 Å². The number of nitrogens with zero attached hydrogens (tertiary/aromatic N) is 2. The molecule has 2 N–H and O–H groups in total. The number of thiophene rings is 1. The van der Waals surface area contributed by atoms with Crippen molar-refractivity contribution in [2.75, 3.05) is 0 Å². The Morgan fingerprint density at radius 1 is 1.33 bits per heavy atom. The summed E-state index contributed by atoms with van der Waals surface area (Å²) in [4.78, 5) is 25.5. The molecule has 21 heavy (non-hydrogen) atoms. The second-order valence-corrected chi connectivity index (χ2v) is 6.35. The molecule has 0 amide bonds. The average Bonchev–Trinajstić information content (AvgIpc) is 3.09. The van der Waals surface area contributed by atoms with Gasteiger partial charge in [0, 0.05) is 11.1 Å². The maximum atomic E-state index is 11.2. The van der Waals surface area contributed by atoms with Crippen LogP contribution in [0, 0.1) is 0 Å². The van der Waals surface area contributed by atoms with Gasteiger partial charge in [0.05, 0.1) is 16.0 Å². The van der Waals surface area contributed by atoms with Gasteiger partial charge in [-0.3, -0.25) is 0 Å². The fraction of sp³-hybridized carbons (Fsp3) is 0.267. The quantitative estimate of drug-likeness (QED) is 0.761. The summed E-state index contributed by atoms with van der Waals surface area (Å²) in [6.07, 6.45) is 6.24. The number of hydrogen-bond donors (Lipinski definition) is 2. The summed E-state index contributed by atoms with van der Waals surface area (Å²) in [7, 11) is 0. The summed E-state index contributed by atoms with van der Waals surface area (Å²) in [6, 6.07) is 3.67. The monoisotopic (exact) mass is 299 g/mol. The van der Waals surface area contributed by atoms with Crippen molar-refractivity contribution in [3.8, 4) is 10.7 Å². The molecule has 5 nitrogen and oxygen atoms in total. The van der Waals surface area contributed by atoms with Crippen molar-refractivity contribution in [2.45, 2.75) is 25.7 Å². The molecule has 0 unspecified atom stereocenters. The Morgan fingerprint density at radius 2 is 2.19 bits per heavy atom. The third-order valence-electron chi connectivity index (χ3n) is 3.85. The highest BCUT2D eigenvalue weighted by atomic mass is 32.1. The fourth-order valence-corrected chi connectivity index (χ4v) is 4.01. The van der Waals surface area contributed by atoms with Gasteiger partial charge in [-0.25, -0.2) is 14.8 Å². The zero-order valence-electron chi connectivity index (χ0n) is 11.2. The first-order chi connectivity index (χ1) is 10.2. The van der Waals surface area contributed by atoms with Crippen molar-refractivity contribution in [3.05, 3.63) is 34.3 Å². The van der Waals surface area contributed by atoms with Crippen LogP contribution in [0.5, 0.6) is 0 Å². The number of rotatable bonds is 2. The van der Waals surface area contributed by atoms with E-state index in [1.807, 2.05) is 0 Å². The lowest BCUT2D eigenvalue weighted by atomic mass is 9.99. The van der Waals surface area contributed by atoms with Crippen molar-refractivity contribution >= 4 is 28.5 Å². The molecule has 0 aromatic carbocycles. The Morgan fingerprint density at radius 3 is 3.00 bits per heavy atom. The Balaban J connectivity index is 1.85. The zero-order chi connectivity index (χ0) is 14.4. The minimum absolute atomic E-state index is 0.208. The smallest absolute Gasteiger partial charge is 0.338 e. The summed E-state index contributed by atoms with van der Waals surface area (Å²) in [5.74, 6) is -0.256. The van der Waals surface area contributed by atoms with E-state index in [2.05, 4.69) is 21.0 Å². The molecule has 0 spiro atoms. The molecule has 0 radical (unpaired) electrons. The zero-order valence-corrected chi connectivity index (χ0v) is 12.0. The lowest BCUT2D eigenvalue weighted by Crippen LogP contribution is -1.97. The van der Waals surface area contributed by atoms with Crippen molar-refractivity contribution in [1.82, 2.24) is 15.0 Å². The van der Waals surface area contributed by atoms with Gasteiger partial charge in [0.1, 0.15) is 0 Å². The molecular weight excluding hydrogens is 286 g/mol. The predicted molar refractivity (Wildman–Crippen MR) is 80.8 cm³/mol. The van der Waals surface area contributed by atoms with Gasteiger partial charge in [-0.05, 0) is 43.4 Å². The van der Waals surface area contributed by atoms with Crippen LogP contribution in [0.25, 0.3) is 21.9 Å². The number of imidazole rings is 1. The first-order valence-corrected chi connectivity index (χ1v) is 7.74. The minimum atomic E-state index is -0.969. The summed E-state index contributed by atoms with van der Waals surface area (Å²) in [5, 5.41) is 9.22. The van der Waals surface area contributed by atoms with Gasteiger partial charge in [0.25, 0.3) is 0 Å². The number of carboxylic acid groups (broad SMARTS) is 1. The van der Waals surface area contributed by atoms with E-state index < -0.39 is 5.97 Å². The molecule has 4 rings (SSSR count). The van der Waals surface area contributed by atoms with E-state index in [-0.39, 0.29) is 5.56 Å². The Labute approximate surface area is 124 Å². The van der Waals surface area contributed by atoms with Gasteiger partial charge in [-0.15, -0.1) is 11.3 Å². The molecule has 0 atom stereocenters. The number of pyridine rings is 1. The highest BCUT2D eigenvalue weighted by Crippen LogP contribution is 2.35. The van der Waals surface area contributed by atoms with E-state index in [0.29, 0.717) is 17.0 Å². The second-order valence-electron chi connectivity index (χ2n) is 5.21. The Hall–Kier alpha value is -2.21. The third kappa shape index (κ3) is 2.03. The number of H-pyrrole nitrogens is 1. The van der Waals surface area contributed by atoms with Crippen LogP contribution in [0.4, 0.5) is 0 Å². The van der Waals surface area contributed by atoms with E-state index in [1.54, 1.807) is 11.3 Å². The first kappa shape index (κ1) is 12.5. The summed E-state index contributed by atoms with van der Waals surface area (Å²) in [5.41, 5.74) is 2.57. The van der Waals surface area contributed by atoms with Crippen LogP contribution in [-0.2, 0) is 12.8 Å². The number of carboxylic acids is 1. The largest absolute Gasteiger partial charge is 0.478 e. The first-order valence-electron chi connectivity index (χ1n) is 6.92. The van der Waals surface area contributed by atoms with E-state index in [1.165, 1.54) is 35.5 Å². The Bertz CT molecular complexity index is 826. The molecular formula is C15H13N3O2S. The van der Waals surface area contributed by atoms with Crippen LogP contribution in [0.1, 0.15) is 33.6 Å². The number of nitrogens with one attached hydrogen (secondary N) is 1.